The van der Waals surface area contributed by atoms with Gasteiger partial charge in [0.25, 0.3) is 5.56 Å². The highest BCUT2D eigenvalue weighted by Gasteiger charge is 2.30. The van der Waals surface area contributed by atoms with Crippen LogP contribution in [-0.4, -0.2) is 4.57 Å². The fourth-order valence-corrected chi connectivity index (χ4v) is 3.23. The molecule has 0 amide bonds. The first-order valence-electron chi connectivity index (χ1n) is 8.11. The third-order valence-corrected chi connectivity index (χ3v) is 5.19. The summed E-state index contributed by atoms with van der Waals surface area (Å²) < 4.78 is 2.02. The maximum atomic E-state index is 12.8. The molecule has 1 heterocycles. The second kappa shape index (κ2) is 4.75. The molecule has 0 aromatic carbocycles. The molecule has 0 N–H and O–H groups in total. The van der Waals surface area contributed by atoms with Crippen molar-refractivity contribution in [1.29, 1.82) is 0 Å². The summed E-state index contributed by atoms with van der Waals surface area (Å²) in [5.74, 6) is 2.20. The Kier molecular flexibility index (Phi) is 3.30. The van der Waals surface area contributed by atoms with Crippen molar-refractivity contribution in [3.05, 3.63) is 33.7 Å². The summed E-state index contributed by atoms with van der Waals surface area (Å²) in [6.07, 6.45) is 7.35. The average Bonchev–Trinajstić information content (AvgIpc) is 3.18. The predicted molar refractivity (Wildman–Crippen MR) is 83.3 cm³/mol. The Labute approximate surface area is 122 Å². The van der Waals surface area contributed by atoms with Gasteiger partial charge in [0.15, 0.2) is 0 Å². The van der Waals surface area contributed by atoms with Gasteiger partial charge in [-0.05, 0) is 54.1 Å². The van der Waals surface area contributed by atoms with E-state index in [1.165, 1.54) is 31.2 Å². The van der Waals surface area contributed by atoms with E-state index < -0.39 is 0 Å². The third-order valence-electron chi connectivity index (χ3n) is 5.19. The van der Waals surface area contributed by atoms with Gasteiger partial charge >= 0.3 is 0 Å². The maximum absolute atomic E-state index is 12.8. The first kappa shape index (κ1) is 13.9. The average molecular weight is 273 g/mol. The van der Waals surface area contributed by atoms with Crippen molar-refractivity contribution in [2.75, 3.05) is 0 Å². The molecule has 2 aliphatic rings. The Hall–Kier alpha value is -1.05. The minimum Gasteiger partial charge on any atom is -0.315 e. The minimum atomic E-state index is -0.0606. The van der Waals surface area contributed by atoms with Gasteiger partial charge in [-0.2, -0.15) is 0 Å². The molecule has 0 bridgehead atoms. The molecule has 2 heteroatoms. The Morgan fingerprint density at radius 2 is 1.90 bits per heavy atom. The molecular formula is C18H27NO. The van der Waals surface area contributed by atoms with Gasteiger partial charge in [0, 0.05) is 18.3 Å². The van der Waals surface area contributed by atoms with E-state index in [0.29, 0.717) is 11.8 Å². The summed E-state index contributed by atoms with van der Waals surface area (Å²) >= 11 is 0. The number of aromatic nitrogens is 1. The predicted octanol–water partition coefficient (Wildman–Crippen LogP) is 4.07. The van der Waals surface area contributed by atoms with Crippen LogP contribution >= 0.6 is 0 Å². The zero-order valence-electron chi connectivity index (χ0n) is 13.3. The fourth-order valence-electron chi connectivity index (χ4n) is 3.23. The van der Waals surface area contributed by atoms with E-state index in [1.807, 2.05) is 4.57 Å². The van der Waals surface area contributed by atoms with Crippen LogP contribution in [0.25, 0.3) is 0 Å². The molecule has 0 aliphatic heterocycles. The topological polar surface area (TPSA) is 22.0 Å². The lowest BCUT2D eigenvalue weighted by Crippen LogP contribution is -2.36. The van der Waals surface area contributed by atoms with Crippen LogP contribution in [0, 0.1) is 11.8 Å². The van der Waals surface area contributed by atoms with Crippen LogP contribution < -0.4 is 5.56 Å². The monoisotopic (exact) mass is 273 g/mol. The summed E-state index contributed by atoms with van der Waals surface area (Å²) in [7, 11) is 0. The quantitative estimate of drug-likeness (QED) is 0.813. The highest BCUT2D eigenvalue weighted by Crippen LogP contribution is 2.41. The second-order valence-corrected chi connectivity index (χ2v) is 7.98. The zero-order valence-corrected chi connectivity index (χ0v) is 13.3. The maximum Gasteiger partial charge on any atom is 0.254 e. The van der Waals surface area contributed by atoms with Crippen molar-refractivity contribution in [1.82, 2.24) is 4.57 Å². The van der Waals surface area contributed by atoms with Gasteiger partial charge in [0.1, 0.15) is 0 Å². The van der Waals surface area contributed by atoms with Crippen LogP contribution in [0.1, 0.15) is 70.4 Å². The molecule has 2 nitrogen and oxygen atoms in total. The SMILES string of the molecule is CC1CCC1Cn1cc(C2CC2)cc(C(C)(C)C)c1=O. The van der Waals surface area contributed by atoms with Crippen molar-refractivity contribution >= 4 is 0 Å². The van der Waals surface area contributed by atoms with Crippen molar-refractivity contribution in [2.45, 2.75) is 71.3 Å². The van der Waals surface area contributed by atoms with Crippen LogP contribution in [0.2, 0.25) is 0 Å². The number of pyridine rings is 1. The van der Waals surface area contributed by atoms with Crippen molar-refractivity contribution in [2.24, 2.45) is 11.8 Å². The molecule has 0 spiro atoms. The lowest BCUT2D eigenvalue weighted by atomic mass is 9.75. The zero-order chi connectivity index (χ0) is 14.5. The number of hydrogen-bond donors (Lipinski definition) is 0. The molecule has 20 heavy (non-hydrogen) atoms. The molecule has 2 aliphatic carbocycles. The van der Waals surface area contributed by atoms with Crippen LogP contribution in [0.15, 0.2) is 17.1 Å². The Morgan fingerprint density at radius 1 is 1.20 bits per heavy atom. The van der Waals surface area contributed by atoms with Crippen molar-refractivity contribution < 1.29 is 0 Å². The smallest absolute Gasteiger partial charge is 0.254 e. The van der Waals surface area contributed by atoms with Gasteiger partial charge in [-0.3, -0.25) is 4.79 Å². The highest BCUT2D eigenvalue weighted by molar-refractivity contribution is 5.30. The van der Waals surface area contributed by atoms with E-state index in [0.717, 1.165) is 18.0 Å². The first-order chi connectivity index (χ1) is 9.36. The van der Waals surface area contributed by atoms with Crippen LogP contribution in [0.4, 0.5) is 0 Å². The van der Waals surface area contributed by atoms with E-state index in [-0.39, 0.29) is 11.0 Å². The first-order valence-corrected chi connectivity index (χ1v) is 8.11. The molecule has 110 valence electrons. The van der Waals surface area contributed by atoms with Gasteiger partial charge < -0.3 is 4.57 Å². The van der Waals surface area contributed by atoms with E-state index in [1.54, 1.807) is 0 Å². The molecular weight excluding hydrogens is 246 g/mol. The molecule has 2 fully saturated rings. The molecule has 3 rings (SSSR count). The Morgan fingerprint density at radius 3 is 2.35 bits per heavy atom. The number of nitrogens with zero attached hydrogens (tertiary/aromatic N) is 1. The second-order valence-electron chi connectivity index (χ2n) is 7.98. The lowest BCUT2D eigenvalue weighted by Gasteiger charge is -2.34. The largest absolute Gasteiger partial charge is 0.315 e. The van der Waals surface area contributed by atoms with E-state index in [4.69, 9.17) is 0 Å². The molecule has 2 unspecified atom stereocenters. The molecule has 2 saturated carbocycles. The lowest BCUT2D eigenvalue weighted by molar-refractivity contribution is 0.169. The van der Waals surface area contributed by atoms with Gasteiger partial charge in [-0.25, -0.2) is 0 Å². The summed E-state index contributed by atoms with van der Waals surface area (Å²) in [6, 6.07) is 2.18. The molecule has 2 atom stereocenters. The summed E-state index contributed by atoms with van der Waals surface area (Å²) in [4.78, 5) is 12.8. The van der Waals surface area contributed by atoms with E-state index >= 15 is 0 Å². The summed E-state index contributed by atoms with van der Waals surface area (Å²) in [5, 5.41) is 0. The van der Waals surface area contributed by atoms with Gasteiger partial charge in [0.2, 0.25) is 0 Å². The Bertz CT molecular complexity index is 560. The van der Waals surface area contributed by atoms with Gasteiger partial charge in [-0.1, -0.05) is 34.1 Å². The fraction of sp³-hybridized carbons (Fsp3) is 0.722. The molecule has 1 aromatic rings. The van der Waals surface area contributed by atoms with E-state index in [9.17, 15) is 4.79 Å². The van der Waals surface area contributed by atoms with E-state index in [2.05, 4.69) is 40.0 Å². The van der Waals surface area contributed by atoms with Gasteiger partial charge in [0.05, 0.1) is 0 Å². The summed E-state index contributed by atoms with van der Waals surface area (Å²) in [6.45, 7) is 9.68. The number of rotatable bonds is 3. The Balaban J connectivity index is 1.98. The van der Waals surface area contributed by atoms with Crippen LogP contribution in [-0.2, 0) is 12.0 Å². The van der Waals surface area contributed by atoms with Crippen molar-refractivity contribution in [3.63, 3.8) is 0 Å². The van der Waals surface area contributed by atoms with Crippen molar-refractivity contribution in [3.8, 4) is 0 Å². The van der Waals surface area contributed by atoms with Crippen LogP contribution in [0.5, 0.6) is 0 Å². The standard InChI is InChI=1S/C18H27NO/c1-12-5-6-14(12)10-19-11-15(13-7-8-13)9-16(17(19)20)18(2,3)4/h9,11-14H,5-8,10H2,1-4H3. The molecule has 1 aromatic heterocycles. The molecule has 0 saturated heterocycles. The third kappa shape index (κ3) is 2.57. The molecule has 0 radical (unpaired) electrons. The minimum absolute atomic E-state index is 0.0606. The summed E-state index contributed by atoms with van der Waals surface area (Å²) in [5.41, 5.74) is 2.56. The van der Waals surface area contributed by atoms with Crippen LogP contribution in [0.3, 0.4) is 0 Å². The highest BCUT2D eigenvalue weighted by atomic mass is 16.1. The normalized spacial score (nSPS) is 26.4. The van der Waals surface area contributed by atoms with Gasteiger partial charge in [-0.15, -0.1) is 0 Å². The number of hydrogen-bond acceptors (Lipinski definition) is 1.